The van der Waals surface area contributed by atoms with E-state index in [9.17, 15) is 13.2 Å². The number of carbonyl (C=O) groups excluding carboxylic acids is 1. The second kappa shape index (κ2) is 8.22. The Balaban J connectivity index is 1.62. The topological polar surface area (TPSA) is 88.8 Å². The molecule has 7 rings (SSSR count). The Hall–Kier alpha value is -4.56. The molecule has 39 heavy (non-hydrogen) atoms. The maximum atomic E-state index is 14.7. The van der Waals surface area contributed by atoms with Crippen molar-refractivity contribution in [1.29, 1.82) is 0 Å². The number of nitrogens with zero attached hydrogens (tertiary/aromatic N) is 1. The number of nitrogens with one attached hydrogen (secondary N) is 1. The Morgan fingerprint density at radius 2 is 1.59 bits per heavy atom. The summed E-state index contributed by atoms with van der Waals surface area (Å²) in [6, 6.07) is 28.6. The predicted octanol–water partition coefficient (Wildman–Crippen LogP) is 5.94. The van der Waals surface area contributed by atoms with Crippen LogP contribution < -0.4 is 14.4 Å². The van der Waals surface area contributed by atoms with E-state index in [0.29, 0.717) is 39.4 Å². The molecule has 1 spiro atoms. The van der Waals surface area contributed by atoms with Gasteiger partial charge in [-0.25, -0.2) is 12.7 Å². The van der Waals surface area contributed by atoms with Crippen LogP contribution in [0.15, 0.2) is 106 Å². The van der Waals surface area contributed by atoms with Gasteiger partial charge in [-0.1, -0.05) is 60.2 Å². The monoisotopic (exact) mass is 536 g/mol. The second-order valence-corrected chi connectivity index (χ2v) is 11.7. The van der Waals surface area contributed by atoms with E-state index in [1.165, 1.54) is 4.31 Å². The van der Waals surface area contributed by atoms with E-state index < -0.39 is 27.4 Å². The number of para-hydroxylation sites is 2. The van der Waals surface area contributed by atoms with Gasteiger partial charge in [0.25, 0.3) is 15.9 Å². The average Bonchev–Trinajstić information content (AvgIpc) is 3.56. The van der Waals surface area contributed by atoms with E-state index in [4.69, 9.17) is 9.15 Å². The van der Waals surface area contributed by atoms with E-state index in [0.717, 1.165) is 11.1 Å². The predicted molar refractivity (Wildman–Crippen MR) is 149 cm³/mol. The number of hydrogen-bond acceptors (Lipinski definition) is 5. The third-order valence-corrected chi connectivity index (χ3v) is 9.56. The lowest BCUT2D eigenvalue weighted by Gasteiger charge is -2.38. The van der Waals surface area contributed by atoms with Gasteiger partial charge in [-0.3, -0.25) is 4.79 Å². The third kappa shape index (κ3) is 3.09. The molecule has 4 aromatic carbocycles. The molecular formula is C31H24N2O5S. The zero-order chi connectivity index (χ0) is 26.9. The lowest BCUT2D eigenvalue weighted by atomic mass is 9.76. The number of anilines is 2. The second-order valence-electron chi connectivity index (χ2n) is 9.87. The van der Waals surface area contributed by atoms with Crippen LogP contribution in [-0.2, 0) is 20.4 Å². The molecule has 0 bridgehead atoms. The van der Waals surface area contributed by atoms with Gasteiger partial charge in [0.2, 0.25) is 0 Å². The fourth-order valence-electron chi connectivity index (χ4n) is 6.01. The van der Waals surface area contributed by atoms with Crippen LogP contribution in [0, 0.1) is 6.92 Å². The quantitative estimate of drug-likeness (QED) is 0.307. The summed E-state index contributed by atoms with van der Waals surface area (Å²) in [6.45, 7) is 1.90. The van der Waals surface area contributed by atoms with Gasteiger partial charge in [0, 0.05) is 16.6 Å². The van der Waals surface area contributed by atoms with Gasteiger partial charge >= 0.3 is 0 Å². The van der Waals surface area contributed by atoms with E-state index in [1.807, 2.05) is 61.5 Å². The van der Waals surface area contributed by atoms with Crippen LogP contribution in [0.4, 0.5) is 11.4 Å². The highest BCUT2D eigenvalue weighted by Gasteiger charge is 2.67. The Kier molecular flexibility index (Phi) is 4.96. The summed E-state index contributed by atoms with van der Waals surface area (Å²) in [5.74, 6) is -0.134. The molecule has 194 valence electrons. The minimum Gasteiger partial charge on any atom is -0.497 e. The molecule has 0 unspecified atom stereocenters. The molecule has 2 aliphatic heterocycles. The number of benzene rings is 4. The summed E-state index contributed by atoms with van der Waals surface area (Å²) in [7, 11) is -2.68. The average molecular weight is 537 g/mol. The molecule has 0 saturated carbocycles. The van der Waals surface area contributed by atoms with Crippen molar-refractivity contribution in [2.75, 3.05) is 16.7 Å². The molecule has 5 aromatic rings. The Labute approximate surface area is 225 Å². The first-order valence-electron chi connectivity index (χ1n) is 12.6. The first-order valence-corrected chi connectivity index (χ1v) is 14.0. The molecule has 0 fully saturated rings. The zero-order valence-electron chi connectivity index (χ0n) is 21.2. The molecule has 3 heterocycles. The standard InChI is InChI=1S/C31H24N2O5S/c1-19-11-17-22(18-12-19)39(35,36)33-28-23-7-3-6-10-26(23)38-29(28)27(20-13-15-21(37-2)16-14-20)31(33)24-8-4-5-9-25(24)32-30(31)34/h3-18,27H,1-2H3,(H,32,34)/t27-,31+/m1/s1. The van der Waals surface area contributed by atoms with Crippen LogP contribution >= 0.6 is 0 Å². The molecule has 1 aromatic heterocycles. The third-order valence-electron chi connectivity index (χ3n) is 7.74. The van der Waals surface area contributed by atoms with Gasteiger partial charge in [-0.15, -0.1) is 0 Å². The highest BCUT2D eigenvalue weighted by Crippen LogP contribution is 2.63. The minimum absolute atomic E-state index is 0.0938. The molecular weight excluding hydrogens is 512 g/mol. The van der Waals surface area contributed by atoms with Crippen LogP contribution in [0.3, 0.4) is 0 Å². The summed E-state index contributed by atoms with van der Waals surface area (Å²) < 4.78 is 42.6. The van der Waals surface area contributed by atoms with Crippen molar-refractivity contribution >= 4 is 38.3 Å². The number of carbonyl (C=O) groups is 1. The molecule has 7 nitrogen and oxygen atoms in total. The molecule has 8 heteroatoms. The molecule has 1 N–H and O–H groups in total. The van der Waals surface area contributed by atoms with Crippen molar-refractivity contribution in [1.82, 2.24) is 0 Å². The first-order chi connectivity index (χ1) is 18.9. The number of hydrogen-bond donors (Lipinski definition) is 1. The van der Waals surface area contributed by atoms with Gasteiger partial charge in [0.05, 0.1) is 17.9 Å². The minimum atomic E-state index is -4.26. The number of amides is 1. The van der Waals surface area contributed by atoms with Gasteiger partial charge in [0.1, 0.15) is 22.8 Å². The zero-order valence-corrected chi connectivity index (χ0v) is 22.0. The van der Waals surface area contributed by atoms with Crippen LogP contribution in [0.1, 0.15) is 28.4 Å². The molecule has 0 saturated heterocycles. The fraction of sp³-hybridized carbons (Fsp3) is 0.129. The largest absolute Gasteiger partial charge is 0.497 e. The van der Waals surface area contributed by atoms with E-state index in [-0.39, 0.29) is 4.90 Å². The molecule has 2 aliphatic rings. The number of rotatable bonds is 4. The highest BCUT2D eigenvalue weighted by molar-refractivity contribution is 7.93. The Morgan fingerprint density at radius 1 is 0.897 bits per heavy atom. The number of ether oxygens (including phenoxy) is 1. The number of sulfonamides is 1. The number of methoxy groups -OCH3 is 1. The van der Waals surface area contributed by atoms with E-state index >= 15 is 0 Å². The maximum Gasteiger partial charge on any atom is 0.265 e. The first kappa shape index (κ1) is 23.5. The van der Waals surface area contributed by atoms with Crippen LogP contribution in [0.5, 0.6) is 5.75 Å². The summed E-state index contributed by atoms with van der Waals surface area (Å²) in [5, 5.41) is 3.60. The fourth-order valence-corrected chi connectivity index (χ4v) is 7.79. The lowest BCUT2D eigenvalue weighted by Crippen LogP contribution is -2.54. The number of fused-ring (bicyclic) bond motifs is 5. The van der Waals surface area contributed by atoms with Crippen LogP contribution in [0.25, 0.3) is 11.0 Å². The smallest absolute Gasteiger partial charge is 0.265 e. The van der Waals surface area contributed by atoms with Gasteiger partial charge < -0.3 is 14.5 Å². The summed E-state index contributed by atoms with van der Waals surface area (Å²) in [5.41, 5.74) is 2.06. The summed E-state index contributed by atoms with van der Waals surface area (Å²) in [4.78, 5) is 14.4. The van der Waals surface area contributed by atoms with Crippen molar-refractivity contribution in [3.05, 3.63) is 120 Å². The van der Waals surface area contributed by atoms with Crippen molar-refractivity contribution in [3.8, 4) is 5.75 Å². The number of furan rings is 1. The van der Waals surface area contributed by atoms with Crippen LogP contribution in [-0.4, -0.2) is 21.4 Å². The number of aryl methyl sites for hydroxylation is 1. The molecule has 2 atom stereocenters. The van der Waals surface area contributed by atoms with Crippen molar-refractivity contribution < 1.29 is 22.4 Å². The van der Waals surface area contributed by atoms with Crippen LogP contribution in [0.2, 0.25) is 0 Å². The normalized spacial score (nSPS) is 19.8. The van der Waals surface area contributed by atoms with Crippen molar-refractivity contribution in [2.24, 2.45) is 0 Å². The molecule has 1 amide bonds. The van der Waals surface area contributed by atoms with E-state index in [2.05, 4.69) is 5.32 Å². The Morgan fingerprint density at radius 3 is 2.33 bits per heavy atom. The van der Waals surface area contributed by atoms with Gasteiger partial charge in [-0.2, -0.15) is 0 Å². The van der Waals surface area contributed by atoms with Gasteiger partial charge in [0.15, 0.2) is 5.54 Å². The van der Waals surface area contributed by atoms with Crippen molar-refractivity contribution in [3.63, 3.8) is 0 Å². The van der Waals surface area contributed by atoms with Crippen molar-refractivity contribution in [2.45, 2.75) is 23.3 Å². The maximum absolute atomic E-state index is 14.7. The molecule has 0 aliphatic carbocycles. The SMILES string of the molecule is COc1ccc([C@@H]2c3oc4ccccc4c3N(S(=O)(=O)c3ccc(C)cc3)[C@]23C(=O)Nc2ccccc23)cc1. The summed E-state index contributed by atoms with van der Waals surface area (Å²) >= 11 is 0. The van der Waals surface area contributed by atoms with E-state index in [1.54, 1.807) is 49.6 Å². The lowest BCUT2D eigenvalue weighted by molar-refractivity contribution is -0.120. The molecule has 0 radical (unpaired) electrons. The van der Waals surface area contributed by atoms with Gasteiger partial charge in [-0.05, 0) is 55.0 Å². The summed E-state index contributed by atoms with van der Waals surface area (Å²) in [6.07, 6.45) is 0. The highest BCUT2D eigenvalue weighted by atomic mass is 32.2. The Bertz CT molecular complexity index is 1880.